The second-order valence-corrected chi connectivity index (χ2v) is 5.94. The molecule has 17 heavy (non-hydrogen) atoms. The monoisotopic (exact) mass is 255 g/mol. The van der Waals surface area contributed by atoms with Crippen LogP contribution in [0.15, 0.2) is 22.8 Å². The van der Waals surface area contributed by atoms with Gasteiger partial charge < -0.3 is 9.73 Å². The first-order valence-electron chi connectivity index (χ1n) is 6.55. The normalized spacial score (nSPS) is 13.2. The summed E-state index contributed by atoms with van der Waals surface area (Å²) < 4.78 is 5.42. The van der Waals surface area contributed by atoms with Crippen molar-refractivity contribution in [1.29, 1.82) is 0 Å². The molecule has 2 nitrogen and oxygen atoms in total. The highest BCUT2D eigenvalue weighted by molar-refractivity contribution is 7.99. The van der Waals surface area contributed by atoms with Gasteiger partial charge in [-0.25, -0.2) is 0 Å². The molecule has 0 aliphatic carbocycles. The first kappa shape index (κ1) is 14.7. The fraction of sp³-hybridized carbons (Fsp3) is 0.714. The summed E-state index contributed by atoms with van der Waals surface area (Å²) in [5.41, 5.74) is 0. The Labute approximate surface area is 110 Å². The molecule has 1 rings (SSSR count). The highest BCUT2D eigenvalue weighted by Gasteiger charge is 2.10. The molecular formula is C14H25NOS. The molecule has 0 amide bonds. The van der Waals surface area contributed by atoms with Crippen molar-refractivity contribution in [2.75, 3.05) is 18.1 Å². The van der Waals surface area contributed by atoms with Crippen molar-refractivity contribution in [3.8, 4) is 0 Å². The van der Waals surface area contributed by atoms with Crippen LogP contribution in [0.5, 0.6) is 0 Å². The van der Waals surface area contributed by atoms with Crippen molar-refractivity contribution in [3.63, 3.8) is 0 Å². The van der Waals surface area contributed by atoms with Gasteiger partial charge in [0.05, 0.1) is 6.26 Å². The maximum atomic E-state index is 5.42. The van der Waals surface area contributed by atoms with E-state index in [1.165, 1.54) is 17.9 Å². The Bertz CT molecular complexity index is 272. The van der Waals surface area contributed by atoms with Crippen molar-refractivity contribution < 1.29 is 4.42 Å². The minimum Gasteiger partial charge on any atom is -0.469 e. The summed E-state index contributed by atoms with van der Waals surface area (Å²) in [6.45, 7) is 7.84. The van der Waals surface area contributed by atoms with Gasteiger partial charge in [-0.05, 0) is 36.8 Å². The first-order chi connectivity index (χ1) is 8.22. The van der Waals surface area contributed by atoms with Gasteiger partial charge in [-0.15, -0.1) is 0 Å². The van der Waals surface area contributed by atoms with E-state index in [0.717, 1.165) is 24.6 Å². The molecule has 1 aromatic heterocycles. The molecule has 0 radical (unpaired) electrons. The summed E-state index contributed by atoms with van der Waals surface area (Å²) >= 11 is 2.04. The van der Waals surface area contributed by atoms with E-state index in [2.05, 4.69) is 32.2 Å². The molecule has 1 heterocycles. The van der Waals surface area contributed by atoms with Gasteiger partial charge in [-0.2, -0.15) is 11.8 Å². The fourth-order valence-electron chi connectivity index (χ4n) is 1.66. The molecule has 1 unspecified atom stereocenters. The number of rotatable bonds is 9. The topological polar surface area (TPSA) is 25.2 Å². The highest BCUT2D eigenvalue weighted by atomic mass is 32.2. The number of hydrogen-bond acceptors (Lipinski definition) is 3. The van der Waals surface area contributed by atoms with E-state index in [0.29, 0.717) is 6.04 Å². The summed E-state index contributed by atoms with van der Waals surface area (Å²) in [7, 11) is 0. The molecule has 0 saturated heterocycles. The summed E-state index contributed by atoms with van der Waals surface area (Å²) in [4.78, 5) is 0. The van der Waals surface area contributed by atoms with Crippen LogP contribution in [0.4, 0.5) is 0 Å². The van der Waals surface area contributed by atoms with Crippen LogP contribution in [-0.2, 0) is 6.42 Å². The lowest BCUT2D eigenvalue weighted by Gasteiger charge is -2.17. The summed E-state index contributed by atoms with van der Waals surface area (Å²) in [5, 5.41) is 3.60. The molecule has 0 bridgehead atoms. The third kappa shape index (κ3) is 6.79. The SMILES string of the molecule is CCCNC(CSCC(C)C)Cc1ccco1. The third-order valence-corrected chi connectivity index (χ3v) is 4.02. The minimum absolute atomic E-state index is 0.532. The Morgan fingerprint density at radius 2 is 2.18 bits per heavy atom. The van der Waals surface area contributed by atoms with Gasteiger partial charge in [0, 0.05) is 18.2 Å². The van der Waals surface area contributed by atoms with Crippen molar-refractivity contribution in [1.82, 2.24) is 5.32 Å². The van der Waals surface area contributed by atoms with Crippen molar-refractivity contribution in [3.05, 3.63) is 24.2 Å². The zero-order chi connectivity index (χ0) is 12.5. The maximum Gasteiger partial charge on any atom is 0.105 e. The Morgan fingerprint density at radius 3 is 2.76 bits per heavy atom. The number of thioether (sulfide) groups is 1. The predicted octanol–water partition coefficient (Wildman–Crippen LogP) is 3.58. The molecule has 1 aromatic rings. The van der Waals surface area contributed by atoms with Gasteiger partial charge >= 0.3 is 0 Å². The van der Waals surface area contributed by atoms with E-state index in [9.17, 15) is 0 Å². The Kier molecular flexibility index (Phi) is 7.45. The van der Waals surface area contributed by atoms with Crippen LogP contribution in [0.25, 0.3) is 0 Å². The van der Waals surface area contributed by atoms with Crippen molar-refractivity contribution in [2.24, 2.45) is 5.92 Å². The lowest BCUT2D eigenvalue weighted by Crippen LogP contribution is -2.34. The molecule has 98 valence electrons. The van der Waals surface area contributed by atoms with Crippen molar-refractivity contribution in [2.45, 2.75) is 39.7 Å². The van der Waals surface area contributed by atoms with Gasteiger partial charge in [-0.3, -0.25) is 0 Å². The second kappa shape index (κ2) is 8.65. The smallest absolute Gasteiger partial charge is 0.105 e. The minimum atomic E-state index is 0.532. The average molecular weight is 255 g/mol. The quantitative estimate of drug-likeness (QED) is 0.730. The average Bonchev–Trinajstić information content (AvgIpc) is 2.78. The van der Waals surface area contributed by atoms with Crippen LogP contribution in [-0.4, -0.2) is 24.1 Å². The van der Waals surface area contributed by atoms with E-state index in [4.69, 9.17) is 4.42 Å². The molecule has 3 heteroatoms. The number of nitrogens with one attached hydrogen (secondary N) is 1. The second-order valence-electron chi connectivity index (χ2n) is 4.87. The molecule has 0 aliphatic rings. The molecule has 0 aliphatic heterocycles. The Morgan fingerprint density at radius 1 is 1.35 bits per heavy atom. The van der Waals surface area contributed by atoms with Gasteiger partial charge in [-0.1, -0.05) is 20.8 Å². The van der Waals surface area contributed by atoms with Gasteiger partial charge in [0.1, 0.15) is 5.76 Å². The number of furan rings is 1. The van der Waals surface area contributed by atoms with Crippen molar-refractivity contribution >= 4 is 11.8 Å². The predicted molar refractivity (Wildman–Crippen MR) is 76.7 cm³/mol. The van der Waals surface area contributed by atoms with Crippen LogP contribution >= 0.6 is 11.8 Å². The molecule has 0 spiro atoms. The maximum absolute atomic E-state index is 5.42. The molecule has 1 N–H and O–H groups in total. The van der Waals surface area contributed by atoms with Gasteiger partial charge in [0.25, 0.3) is 0 Å². The standard InChI is InChI=1S/C14H25NOS/c1-4-7-15-13(11-17-10-12(2)3)9-14-6-5-8-16-14/h5-6,8,12-13,15H,4,7,9-11H2,1-3H3. The highest BCUT2D eigenvalue weighted by Crippen LogP contribution is 2.12. The van der Waals surface area contributed by atoms with Crippen LogP contribution in [0.2, 0.25) is 0 Å². The van der Waals surface area contributed by atoms with E-state index in [1.807, 2.05) is 17.8 Å². The summed E-state index contributed by atoms with van der Waals surface area (Å²) in [5.74, 6) is 4.26. The lowest BCUT2D eigenvalue weighted by molar-refractivity contribution is 0.460. The lowest BCUT2D eigenvalue weighted by atomic mass is 10.2. The summed E-state index contributed by atoms with van der Waals surface area (Å²) in [6.07, 6.45) is 3.94. The zero-order valence-corrected chi connectivity index (χ0v) is 12.1. The fourth-order valence-corrected chi connectivity index (χ4v) is 2.78. The van der Waals surface area contributed by atoms with Gasteiger partial charge in [0.15, 0.2) is 0 Å². The van der Waals surface area contributed by atoms with Crippen LogP contribution in [0.1, 0.15) is 33.0 Å². The van der Waals surface area contributed by atoms with Crippen LogP contribution < -0.4 is 5.32 Å². The van der Waals surface area contributed by atoms with E-state index >= 15 is 0 Å². The molecule has 0 aromatic carbocycles. The third-order valence-electron chi connectivity index (χ3n) is 2.48. The first-order valence-corrected chi connectivity index (χ1v) is 7.71. The van der Waals surface area contributed by atoms with E-state index < -0.39 is 0 Å². The largest absolute Gasteiger partial charge is 0.469 e. The molecule has 0 fully saturated rings. The Balaban J connectivity index is 2.31. The van der Waals surface area contributed by atoms with E-state index in [1.54, 1.807) is 6.26 Å². The molecule has 0 saturated carbocycles. The number of hydrogen-bond donors (Lipinski definition) is 1. The van der Waals surface area contributed by atoms with E-state index in [-0.39, 0.29) is 0 Å². The molecule has 1 atom stereocenters. The summed E-state index contributed by atoms with van der Waals surface area (Å²) in [6, 6.07) is 4.56. The van der Waals surface area contributed by atoms with Gasteiger partial charge in [0.2, 0.25) is 0 Å². The van der Waals surface area contributed by atoms with Crippen LogP contribution in [0, 0.1) is 5.92 Å². The molecular weight excluding hydrogens is 230 g/mol. The zero-order valence-electron chi connectivity index (χ0n) is 11.2. The van der Waals surface area contributed by atoms with Crippen LogP contribution in [0.3, 0.4) is 0 Å². The Hall–Kier alpha value is -0.410.